The smallest absolute Gasteiger partial charge is 0.459 e. The molecule has 0 bridgehead atoms. The highest BCUT2D eigenvalue weighted by molar-refractivity contribution is 7.52. The highest BCUT2D eigenvalue weighted by Crippen LogP contribution is 2.51. The fourth-order valence-corrected chi connectivity index (χ4v) is 6.88. The van der Waals surface area contributed by atoms with Gasteiger partial charge in [-0.1, -0.05) is 56.3 Å². The standard InChI is InChI=1S/C31H38N3O10P/c1-19(2)23-11-10-20(3)16-24(23)44-45(39,33-21(4)28(37)40-17-22-8-6-5-7-9-22)42-18-25-27(36)31(13-15-41-31)29(43-25)34-14-12-26(35)32-30(34)38/h5-12,14,16,19,21,25,27,29,36H,13,15,17-18H2,1-4H3,(H,33,39)(H,32,35,38). The van der Waals surface area contributed by atoms with Crippen LogP contribution in [0, 0.1) is 6.92 Å². The molecule has 6 atom stereocenters. The van der Waals surface area contributed by atoms with Crippen LogP contribution in [0.15, 0.2) is 70.4 Å². The van der Waals surface area contributed by atoms with Crippen molar-refractivity contribution in [3.05, 3.63) is 98.3 Å². The molecule has 2 aliphatic rings. The fourth-order valence-electron chi connectivity index (χ4n) is 5.36. The van der Waals surface area contributed by atoms with Crippen LogP contribution in [0.1, 0.15) is 56.0 Å². The molecule has 0 aliphatic carbocycles. The molecule has 0 saturated carbocycles. The normalized spacial score (nSPS) is 24.6. The molecule has 3 heterocycles. The first kappa shape index (κ1) is 32.8. The van der Waals surface area contributed by atoms with Crippen molar-refractivity contribution in [3.63, 3.8) is 0 Å². The van der Waals surface area contributed by atoms with Gasteiger partial charge in [0.05, 0.1) is 13.2 Å². The predicted molar refractivity (Wildman–Crippen MR) is 163 cm³/mol. The van der Waals surface area contributed by atoms with Gasteiger partial charge in [0.15, 0.2) is 6.23 Å². The molecule has 3 N–H and O–H groups in total. The number of hydrogen-bond acceptors (Lipinski definition) is 10. The SMILES string of the molecule is Cc1ccc(C(C)C)c(OP(=O)(NC(C)C(=O)OCc2ccccc2)OCC2OC(n3ccc(=O)[nH]c3=O)C3(CCO3)C2O)c1. The third kappa shape index (κ3) is 7.14. The predicted octanol–water partition coefficient (Wildman–Crippen LogP) is 3.31. The monoisotopic (exact) mass is 643 g/mol. The number of rotatable bonds is 12. The highest BCUT2D eigenvalue weighted by Gasteiger charge is 2.62. The van der Waals surface area contributed by atoms with Crippen molar-refractivity contribution >= 4 is 13.7 Å². The summed E-state index contributed by atoms with van der Waals surface area (Å²) in [4.78, 5) is 39.3. The maximum absolute atomic E-state index is 14.4. The Morgan fingerprint density at radius 1 is 1.18 bits per heavy atom. The summed E-state index contributed by atoms with van der Waals surface area (Å²) in [6.45, 7) is 7.13. The first-order valence-electron chi connectivity index (χ1n) is 14.7. The molecule has 5 rings (SSSR count). The van der Waals surface area contributed by atoms with E-state index in [0.29, 0.717) is 18.8 Å². The Morgan fingerprint density at radius 3 is 2.56 bits per heavy atom. The van der Waals surface area contributed by atoms with Crippen LogP contribution < -0.4 is 20.9 Å². The van der Waals surface area contributed by atoms with Crippen molar-refractivity contribution in [3.8, 4) is 5.75 Å². The lowest BCUT2D eigenvalue weighted by Gasteiger charge is -2.44. The number of H-pyrrole nitrogens is 1. The Balaban J connectivity index is 1.37. The second kappa shape index (κ2) is 13.4. The average molecular weight is 644 g/mol. The van der Waals surface area contributed by atoms with E-state index in [4.69, 9.17) is 23.3 Å². The number of aliphatic hydroxyl groups excluding tert-OH is 1. The van der Waals surface area contributed by atoms with Crippen molar-refractivity contribution < 1.29 is 37.7 Å². The number of nitrogens with zero attached hydrogens (tertiary/aromatic N) is 1. The van der Waals surface area contributed by atoms with E-state index in [9.17, 15) is 24.1 Å². The summed E-state index contributed by atoms with van der Waals surface area (Å²) in [6, 6.07) is 14.7. The Bertz CT molecular complexity index is 1670. The van der Waals surface area contributed by atoms with Gasteiger partial charge in [-0.05, 0) is 42.5 Å². The van der Waals surface area contributed by atoms with E-state index in [1.165, 1.54) is 13.1 Å². The summed E-state index contributed by atoms with van der Waals surface area (Å²) in [5, 5.41) is 14.0. The van der Waals surface area contributed by atoms with E-state index >= 15 is 0 Å². The number of hydrogen-bond donors (Lipinski definition) is 3. The van der Waals surface area contributed by atoms with Crippen molar-refractivity contribution in [1.82, 2.24) is 14.6 Å². The minimum absolute atomic E-state index is 0.00862. The molecule has 2 saturated heterocycles. The molecule has 2 aromatic carbocycles. The van der Waals surface area contributed by atoms with Crippen LogP contribution in [0.3, 0.4) is 0 Å². The van der Waals surface area contributed by atoms with E-state index < -0.39 is 61.7 Å². The second-order valence-corrected chi connectivity index (χ2v) is 13.3. The van der Waals surface area contributed by atoms with Gasteiger partial charge in [-0.2, -0.15) is 5.09 Å². The molecule has 0 radical (unpaired) electrons. The minimum atomic E-state index is -4.35. The molecule has 2 fully saturated rings. The van der Waals surface area contributed by atoms with Gasteiger partial charge in [0.2, 0.25) is 0 Å². The number of ether oxygens (including phenoxy) is 3. The molecule has 1 aromatic heterocycles. The number of aromatic amines is 1. The van der Waals surface area contributed by atoms with Gasteiger partial charge in [0.25, 0.3) is 5.56 Å². The summed E-state index contributed by atoms with van der Waals surface area (Å²) >= 11 is 0. The first-order valence-corrected chi connectivity index (χ1v) is 16.3. The average Bonchev–Trinajstić information content (AvgIpc) is 3.27. The molecule has 3 aromatic rings. The van der Waals surface area contributed by atoms with Crippen LogP contribution in [0.25, 0.3) is 0 Å². The van der Waals surface area contributed by atoms with Crippen molar-refractivity contribution in [2.75, 3.05) is 13.2 Å². The van der Waals surface area contributed by atoms with Gasteiger partial charge in [0.1, 0.15) is 36.2 Å². The van der Waals surface area contributed by atoms with E-state index in [1.807, 2.05) is 63.2 Å². The molecule has 14 heteroatoms. The Hall–Kier alpha value is -3.58. The fraction of sp³-hybridized carbons (Fsp3) is 0.452. The number of aromatic nitrogens is 2. The quantitative estimate of drug-likeness (QED) is 0.196. The molecule has 45 heavy (non-hydrogen) atoms. The Kier molecular flexibility index (Phi) is 9.78. The number of aryl methyl sites for hydroxylation is 1. The minimum Gasteiger partial charge on any atom is -0.460 e. The van der Waals surface area contributed by atoms with Gasteiger partial charge in [0, 0.05) is 18.7 Å². The summed E-state index contributed by atoms with van der Waals surface area (Å²) in [6.07, 6.45) is -1.88. The number of esters is 1. The van der Waals surface area contributed by atoms with E-state index in [1.54, 1.807) is 6.07 Å². The third-order valence-corrected chi connectivity index (χ3v) is 9.52. The lowest BCUT2D eigenvalue weighted by atomic mass is 9.86. The highest BCUT2D eigenvalue weighted by atomic mass is 31.2. The molecule has 13 nitrogen and oxygen atoms in total. The molecular weight excluding hydrogens is 605 g/mol. The molecule has 2 aliphatic heterocycles. The summed E-state index contributed by atoms with van der Waals surface area (Å²) in [7, 11) is -4.35. The first-order chi connectivity index (χ1) is 21.4. The maximum Gasteiger partial charge on any atom is 0.459 e. The maximum atomic E-state index is 14.4. The Morgan fingerprint density at radius 2 is 1.91 bits per heavy atom. The van der Waals surface area contributed by atoms with Gasteiger partial charge >= 0.3 is 19.4 Å². The number of benzene rings is 2. The van der Waals surface area contributed by atoms with Gasteiger partial charge < -0.3 is 23.8 Å². The number of nitrogens with one attached hydrogen (secondary N) is 2. The van der Waals surface area contributed by atoms with Crippen LogP contribution in [0.4, 0.5) is 0 Å². The lowest BCUT2D eigenvalue weighted by molar-refractivity contribution is -0.227. The van der Waals surface area contributed by atoms with Crippen molar-refractivity contribution in [2.45, 2.75) is 76.7 Å². The zero-order chi connectivity index (χ0) is 32.4. The molecule has 6 unspecified atom stereocenters. The van der Waals surface area contributed by atoms with Gasteiger partial charge in [-0.15, -0.1) is 0 Å². The summed E-state index contributed by atoms with van der Waals surface area (Å²) in [5.41, 5.74) is -0.215. The van der Waals surface area contributed by atoms with E-state index in [-0.39, 0.29) is 12.5 Å². The van der Waals surface area contributed by atoms with Crippen LogP contribution in [0.2, 0.25) is 0 Å². The second-order valence-electron chi connectivity index (χ2n) is 11.6. The lowest BCUT2D eigenvalue weighted by Crippen LogP contribution is -2.57. The Labute approximate surface area is 260 Å². The van der Waals surface area contributed by atoms with Crippen LogP contribution in [0.5, 0.6) is 5.75 Å². The van der Waals surface area contributed by atoms with Crippen LogP contribution >= 0.6 is 7.75 Å². The molecule has 0 amide bonds. The zero-order valence-electron chi connectivity index (χ0n) is 25.5. The van der Waals surface area contributed by atoms with E-state index in [2.05, 4.69) is 10.1 Å². The third-order valence-electron chi connectivity index (χ3n) is 7.89. The largest absolute Gasteiger partial charge is 0.460 e. The topological polar surface area (TPSA) is 167 Å². The van der Waals surface area contributed by atoms with Crippen LogP contribution in [-0.4, -0.2) is 57.7 Å². The molecular formula is C31H38N3O10P. The summed E-state index contributed by atoms with van der Waals surface area (Å²) in [5.74, 6) is -0.375. The van der Waals surface area contributed by atoms with Crippen molar-refractivity contribution in [2.24, 2.45) is 0 Å². The van der Waals surface area contributed by atoms with Crippen LogP contribution in [-0.2, 0) is 34.7 Å². The molecule has 1 spiro atoms. The van der Waals surface area contributed by atoms with Gasteiger partial charge in [-0.25, -0.2) is 9.36 Å². The number of aliphatic hydroxyl groups is 1. The molecule has 242 valence electrons. The van der Waals surface area contributed by atoms with Gasteiger partial charge in [-0.3, -0.25) is 23.7 Å². The van der Waals surface area contributed by atoms with Crippen molar-refractivity contribution in [1.29, 1.82) is 0 Å². The van der Waals surface area contributed by atoms with E-state index in [0.717, 1.165) is 27.3 Å². The number of carbonyl (C=O) groups excluding carboxylic acids is 1. The number of carbonyl (C=O) groups is 1. The zero-order valence-corrected chi connectivity index (χ0v) is 26.4. The summed E-state index contributed by atoms with van der Waals surface area (Å²) < 4.78 is 44.7.